The third-order valence-corrected chi connectivity index (χ3v) is 2.56. The van der Waals surface area contributed by atoms with E-state index in [1.54, 1.807) is 0 Å². The van der Waals surface area contributed by atoms with Crippen LogP contribution in [0, 0.1) is 0 Å². The van der Waals surface area contributed by atoms with Gasteiger partial charge in [-0.3, -0.25) is 9.59 Å². The van der Waals surface area contributed by atoms with Gasteiger partial charge in [-0.2, -0.15) is 0 Å². The molecule has 96 valence electrons. The van der Waals surface area contributed by atoms with Gasteiger partial charge in [0, 0.05) is 12.8 Å². The summed E-state index contributed by atoms with van der Waals surface area (Å²) in [7, 11) is 0. The van der Waals surface area contributed by atoms with Crippen LogP contribution in [-0.4, -0.2) is 46.5 Å². The first-order valence-electron chi connectivity index (χ1n) is 6.13. The van der Waals surface area contributed by atoms with Crippen LogP contribution in [-0.2, 0) is 9.59 Å². The average molecular weight is 253 g/mol. The molecule has 0 radical (unpaired) electrons. The van der Waals surface area contributed by atoms with Gasteiger partial charge in [0.25, 0.3) is 0 Å². The molecule has 0 aromatic heterocycles. The number of aliphatic carboxylic acids is 1. The summed E-state index contributed by atoms with van der Waals surface area (Å²) in [6, 6.07) is 0. The van der Waals surface area contributed by atoms with Gasteiger partial charge in [0.15, 0.2) is 0 Å². The van der Waals surface area contributed by atoms with Crippen molar-refractivity contribution < 1.29 is 14.7 Å². The molecule has 17 heavy (non-hydrogen) atoms. The summed E-state index contributed by atoms with van der Waals surface area (Å²) in [5, 5.41) is 8.42. The Morgan fingerprint density at radius 1 is 0.765 bits per heavy atom. The Morgan fingerprint density at radius 3 is 1.47 bits per heavy atom. The molecule has 3 N–H and O–H groups in total. The third kappa shape index (κ3) is 18.5. The van der Waals surface area contributed by atoms with Gasteiger partial charge in [0.05, 0.1) is 0 Å². The first-order valence-corrected chi connectivity index (χ1v) is 6.13. The van der Waals surface area contributed by atoms with Crippen LogP contribution in [0.1, 0.15) is 64.2 Å². The zero-order valence-corrected chi connectivity index (χ0v) is 9.91. The summed E-state index contributed by atoms with van der Waals surface area (Å²) in [5.41, 5.74) is 5.03. The minimum absolute atomic E-state index is 0. The van der Waals surface area contributed by atoms with Crippen LogP contribution in [0.5, 0.6) is 0 Å². The van der Waals surface area contributed by atoms with E-state index in [9.17, 15) is 9.59 Å². The maximum atomic E-state index is 10.4. The number of carbonyl (C=O) groups is 2. The molecule has 5 heteroatoms. The fraction of sp³-hybridized carbons (Fsp3) is 0.833. The van der Waals surface area contributed by atoms with Gasteiger partial charge < -0.3 is 10.8 Å². The van der Waals surface area contributed by atoms with E-state index in [4.69, 9.17) is 10.8 Å². The molecule has 0 heterocycles. The van der Waals surface area contributed by atoms with Crippen LogP contribution < -0.4 is 5.73 Å². The first-order chi connectivity index (χ1) is 7.63. The average Bonchev–Trinajstić information content (AvgIpc) is 2.20. The van der Waals surface area contributed by atoms with Crippen molar-refractivity contribution in [1.82, 2.24) is 0 Å². The standard InChI is InChI=1S/C12H23NO3.Na.H/c13-11(14)9-7-5-3-1-2-4-6-8-10-12(15)16;;/h1-10H2,(H2,13,14)(H,15,16);;. The Balaban J connectivity index is 0. The van der Waals surface area contributed by atoms with Crippen molar-refractivity contribution in [2.45, 2.75) is 64.2 Å². The molecule has 0 aromatic carbocycles. The first kappa shape index (κ1) is 19.3. The molecule has 0 aliphatic carbocycles. The molecule has 1 amide bonds. The topological polar surface area (TPSA) is 80.4 Å². The van der Waals surface area contributed by atoms with Crippen molar-refractivity contribution >= 4 is 41.4 Å². The van der Waals surface area contributed by atoms with Gasteiger partial charge in [-0.25, -0.2) is 0 Å². The van der Waals surface area contributed by atoms with Crippen molar-refractivity contribution in [3.63, 3.8) is 0 Å². The molecule has 0 spiro atoms. The summed E-state index contributed by atoms with van der Waals surface area (Å²) >= 11 is 0. The normalized spacial score (nSPS) is 9.65. The molecule has 0 rings (SSSR count). The number of carboxylic acid groups (broad SMARTS) is 1. The number of primary amides is 1. The van der Waals surface area contributed by atoms with Crippen LogP contribution in [0.15, 0.2) is 0 Å². The van der Waals surface area contributed by atoms with E-state index in [0.29, 0.717) is 12.8 Å². The second kappa shape index (κ2) is 14.0. The van der Waals surface area contributed by atoms with Crippen LogP contribution in [0.25, 0.3) is 0 Å². The Bertz CT molecular complexity index is 188. The molecule has 0 saturated carbocycles. The Morgan fingerprint density at radius 2 is 1.12 bits per heavy atom. The number of hydrogen-bond acceptors (Lipinski definition) is 2. The molecule has 4 nitrogen and oxygen atoms in total. The fourth-order valence-electron chi connectivity index (χ4n) is 1.64. The van der Waals surface area contributed by atoms with E-state index in [0.717, 1.165) is 44.9 Å². The van der Waals surface area contributed by atoms with Crippen LogP contribution in [0.3, 0.4) is 0 Å². The second-order valence-electron chi connectivity index (χ2n) is 4.19. The Labute approximate surface area is 126 Å². The molecular weight excluding hydrogens is 229 g/mol. The molecule has 0 aliphatic heterocycles. The predicted octanol–water partition coefficient (Wildman–Crippen LogP) is 1.81. The number of carbonyl (C=O) groups excluding carboxylic acids is 1. The van der Waals surface area contributed by atoms with E-state index in [1.165, 1.54) is 6.42 Å². The second-order valence-corrected chi connectivity index (χ2v) is 4.19. The van der Waals surface area contributed by atoms with E-state index in [1.807, 2.05) is 0 Å². The van der Waals surface area contributed by atoms with E-state index >= 15 is 0 Å². The Hall–Kier alpha value is -0.0600. The molecule has 0 saturated heterocycles. The summed E-state index contributed by atoms with van der Waals surface area (Å²) in [5.74, 6) is -0.917. The summed E-state index contributed by atoms with van der Waals surface area (Å²) in [6.45, 7) is 0. The number of nitrogens with two attached hydrogens (primary N) is 1. The summed E-state index contributed by atoms with van der Waals surface area (Å²) < 4.78 is 0. The molecule has 0 unspecified atom stereocenters. The SMILES string of the molecule is NC(=O)CCCCCCCCCCC(=O)O.[NaH]. The molecule has 0 aromatic rings. The van der Waals surface area contributed by atoms with Gasteiger partial charge in [0.1, 0.15) is 0 Å². The molecule has 0 bridgehead atoms. The number of amides is 1. The van der Waals surface area contributed by atoms with Gasteiger partial charge in [0.2, 0.25) is 5.91 Å². The van der Waals surface area contributed by atoms with Crippen LogP contribution in [0.4, 0.5) is 0 Å². The van der Waals surface area contributed by atoms with E-state index in [2.05, 4.69) is 0 Å². The Kier molecular flexibility index (Phi) is 15.9. The van der Waals surface area contributed by atoms with Gasteiger partial charge in [-0.05, 0) is 12.8 Å². The van der Waals surface area contributed by atoms with E-state index < -0.39 is 5.97 Å². The zero-order chi connectivity index (χ0) is 12.2. The molecule has 0 fully saturated rings. The zero-order valence-electron chi connectivity index (χ0n) is 9.91. The van der Waals surface area contributed by atoms with Crippen molar-refractivity contribution in [2.75, 3.05) is 0 Å². The summed E-state index contributed by atoms with van der Waals surface area (Å²) in [6.07, 6.45) is 9.14. The molecule has 0 aliphatic rings. The number of hydrogen-bond donors (Lipinski definition) is 2. The maximum absolute atomic E-state index is 10.4. The van der Waals surface area contributed by atoms with Gasteiger partial charge in [-0.15, -0.1) is 0 Å². The van der Waals surface area contributed by atoms with Crippen molar-refractivity contribution in [3.05, 3.63) is 0 Å². The fourth-order valence-corrected chi connectivity index (χ4v) is 1.64. The van der Waals surface area contributed by atoms with Crippen LogP contribution >= 0.6 is 0 Å². The van der Waals surface area contributed by atoms with Gasteiger partial charge in [-0.1, -0.05) is 38.5 Å². The minimum atomic E-state index is -0.702. The van der Waals surface area contributed by atoms with Crippen molar-refractivity contribution in [2.24, 2.45) is 5.73 Å². The van der Waals surface area contributed by atoms with E-state index in [-0.39, 0.29) is 35.5 Å². The van der Waals surface area contributed by atoms with Crippen LogP contribution in [0.2, 0.25) is 0 Å². The number of carboxylic acids is 1. The monoisotopic (exact) mass is 253 g/mol. The molecular formula is C12H24NNaO3. The number of rotatable bonds is 11. The number of unbranched alkanes of at least 4 members (excludes halogenated alkanes) is 7. The van der Waals surface area contributed by atoms with Gasteiger partial charge >= 0.3 is 35.5 Å². The molecule has 0 atom stereocenters. The third-order valence-electron chi connectivity index (χ3n) is 2.56. The summed E-state index contributed by atoms with van der Waals surface area (Å²) in [4.78, 5) is 20.7. The van der Waals surface area contributed by atoms with Crippen molar-refractivity contribution in [3.8, 4) is 0 Å². The van der Waals surface area contributed by atoms with Crippen molar-refractivity contribution in [1.29, 1.82) is 0 Å². The quantitative estimate of drug-likeness (QED) is 0.435. The predicted molar refractivity (Wildman–Crippen MR) is 70.1 cm³/mol.